The summed E-state index contributed by atoms with van der Waals surface area (Å²) in [6, 6.07) is 10.9. The minimum absolute atomic E-state index is 0.367. The topological polar surface area (TPSA) is 72.0 Å². The van der Waals surface area contributed by atoms with Gasteiger partial charge < -0.3 is 0 Å². The van der Waals surface area contributed by atoms with Crippen molar-refractivity contribution < 1.29 is 9.59 Å². The van der Waals surface area contributed by atoms with Crippen molar-refractivity contribution in [2.24, 2.45) is 0 Å². The largest absolute Gasteiger partial charge is 0.288 e. The molecule has 0 saturated heterocycles. The van der Waals surface area contributed by atoms with Crippen molar-refractivity contribution in [2.45, 2.75) is 0 Å². The van der Waals surface area contributed by atoms with Gasteiger partial charge in [0.05, 0.1) is 0 Å². The summed E-state index contributed by atoms with van der Waals surface area (Å²) in [5, 5.41) is 3.20. The summed E-state index contributed by atoms with van der Waals surface area (Å²) >= 11 is 1.46. The summed E-state index contributed by atoms with van der Waals surface area (Å²) in [6.45, 7) is 0. The molecule has 2 aromatic heterocycles. The zero-order valence-corrected chi connectivity index (χ0v) is 13.2. The minimum atomic E-state index is -0.393. The fourth-order valence-electron chi connectivity index (χ4n) is 2.54. The molecule has 0 fully saturated rings. The highest BCUT2D eigenvalue weighted by molar-refractivity contribution is 7.16. The Labute approximate surface area is 141 Å². The van der Waals surface area contributed by atoms with Crippen LogP contribution in [0.5, 0.6) is 0 Å². The van der Waals surface area contributed by atoms with Crippen LogP contribution in [0.15, 0.2) is 55.0 Å². The van der Waals surface area contributed by atoms with Gasteiger partial charge in [0, 0.05) is 40.2 Å². The van der Waals surface area contributed by atoms with Gasteiger partial charge >= 0.3 is 0 Å². The van der Waals surface area contributed by atoms with Crippen molar-refractivity contribution in [3.05, 3.63) is 71.0 Å². The number of carbonyl (C=O) groups excluding carboxylic acids is 2. The Hall–Kier alpha value is -3.12. The Morgan fingerprint density at radius 3 is 2.58 bits per heavy atom. The van der Waals surface area contributed by atoms with Gasteiger partial charge in [0.2, 0.25) is 0 Å². The van der Waals surface area contributed by atoms with E-state index in [1.54, 1.807) is 42.9 Å². The van der Waals surface area contributed by atoms with Crippen LogP contribution in [0.2, 0.25) is 0 Å². The van der Waals surface area contributed by atoms with Gasteiger partial charge in [0.25, 0.3) is 11.8 Å². The summed E-state index contributed by atoms with van der Waals surface area (Å²) < 4.78 is 0. The van der Waals surface area contributed by atoms with E-state index in [2.05, 4.69) is 15.3 Å². The summed E-state index contributed by atoms with van der Waals surface area (Å²) in [5.41, 5.74) is 2.53. The number of amides is 2. The molecule has 3 aromatic rings. The van der Waals surface area contributed by atoms with E-state index in [1.807, 2.05) is 18.2 Å². The molecule has 1 aromatic carbocycles. The van der Waals surface area contributed by atoms with Crippen LogP contribution in [-0.4, -0.2) is 21.8 Å². The van der Waals surface area contributed by atoms with E-state index in [0.29, 0.717) is 16.7 Å². The third kappa shape index (κ3) is 2.53. The monoisotopic (exact) mass is 333 g/mol. The van der Waals surface area contributed by atoms with Crippen LogP contribution in [-0.2, 0) is 4.79 Å². The number of benzene rings is 1. The second-order valence-electron chi connectivity index (χ2n) is 5.20. The highest BCUT2D eigenvalue weighted by Gasteiger charge is 2.26. The van der Waals surface area contributed by atoms with E-state index < -0.39 is 5.91 Å². The number of nitrogens with one attached hydrogen (secondary N) is 1. The average Bonchev–Trinajstić information content (AvgIpc) is 3.08. The molecule has 0 saturated carbocycles. The highest BCUT2D eigenvalue weighted by Crippen LogP contribution is 2.30. The van der Waals surface area contributed by atoms with E-state index in [1.165, 1.54) is 11.3 Å². The molecule has 1 aliphatic heterocycles. The Bertz CT molecular complexity index is 977. The van der Waals surface area contributed by atoms with Gasteiger partial charge in [-0.15, -0.1) is 11.3 Å². The van der Waals surface area contributed by atoms with Crippen LogP contribution < -0.4 is 5.32 Å². The molecule has 3 heterocycles. The van der Waals surface area contributed by atoms with E-state index in [0.717, 1.165) is 15.4 Å². The van der Waals surface area contributed by atoms with E-state index in [4.69, 9.17) is 0 Å². The molecule has 24 heavy (non-hydrogen) atoms. The van der Waals surface area contributed by atoms with Gasteiger partial charge in [-0.25, -0.2) is 4.98 Å². The third-order valence-electron chi connectivity index (χ3n) is 3.65. The summed E-state index contributed by atoms with van der Waals surface area (Å²) in [7, 11) is 0. The maximum absolute atomic E-state index is 12.2. The zero-order chi connectivity index (χ0) is 16.5. The maximum Gasteiger partial charge on any atom is 0.258 e. The number of nitrogens with zero attached hydrogens (tertiary/aromatic N) is 2. The first-order valence-electron chi connectivity index (χ1n) is 7.25. The number of aromatic nitrogens is 2. The second-order valence-corrected chi connectivity index (χ2v) is 6.26. The number of pyridine rings is 1. The molecule has 1 aliphatic rings. The predicted octanol–water partition coefficient (Wildman–Crippen LogP) is 3.02. The predicted molar refractivity (Wildman–Crippen MR) is 92.1 cm³/mol. The molecule has 0 atom stereocenters. The van der Waals surface area contributed by atoms with Crippen molar-refractivity contribution in [2.75, 3.05) is 0 Å². The van der Waals surface area contributed by atoms with Gasteiger partial charge in [-0.2, -0.15) is 0 Å². The van der Waals surface area contributed by atoms with Crippen molar-refractivity contribution in [3.63, 3.8) is 0 Å². The number of fused-ring (bicyclic) bond motifs is 1. The van der Waals surface area contributed by atoms with Gasteiger partial charge in [0.1, 0.15) is 5.01 Å². The molecule has 5 nitrogen and oxygen atoms in total. The lowest BCUT2D eigenvalue weighted by Gasteiger charge is -2.17. The fraction of sp³-hybridized carbons (Fsp3) is 0. The molecular weight excluding hydrogens is 322 g/mol. The highest BCUT2D eigenvalue weighted by atomic mass is 32.1. The molecule has 2 amide bonds. The second kappa shape index (κ2) is 5.82. The molecule has 0 spiro atoms. The van der Waals surface area contributed by atoms with Crippen molar-refractivity contribution in [1.82, 2.24) is 15.3 Å². The van der Waals surface area contributed by atoms with Crippen LogP contribution in [0.4, 0.5) is 0 Å². The first-order valence-corrected chi connectivity index (χ1v) is 8.07. The third-order valence-corrected chi connectivity index (χ3v) is 4.65. The quantitative estimate of drug-likeness (QED) is 0.578. The molecule has 0 aliphatic carbocycles. The van der Waals surface area contributed by atoms with E-state index in [9.17, 15) is 9.59 Å². The molecule has 0 unspecified atom stereocenters. The van der Waals surface area contributed by atoms with E-state index in [-0.39, 0.29) is 5.91 Å². The lowest BCUT2D eigenvalue weighted by molar-refractivity contribution is -0.114. The zero-order valence-electron chi connectivity index (χ0n) is 12.4. The first-order chi connectivity index (χ1) is 11.7. The molecule has 0 radical (unpaired) electrons. The maximum atomic E-state index is 12.2. The lowest BCUT2D eigenvalue weighted by Crippen LogP contribution is -2.36. The van der Waals surface area contributed by atoms with Gasteiger partial charge in [-0.05, 0) is 29.8 Å². The Morgan fingerprint density at radius 2 is 1.79 bits per heavy atom. The van der Waals surface area contributed by atoms with Gasteiger partial charge in [0.15, 0.2) is 0 Å². The molecule has 0 bridgehead atoms. The summed E-state index contributed by atoms with van der Waals surface area (Å²) in [6.07, 6.45) is 6.93. The Kier molecular flexibility index (Phi) is 3.51. The average molecular weight is 333 g/mol. The fourth-order valence-corrected chi connectivity index (χ4v) is 3.39. The number of hydrogen-bond acceptors (Lipinski definition) is 5. The van der Waals surface area contributed by atoms with Gasteiger partial charge in [-0.3, -0.25) is 19.9 Å². The molecule has 1 N–H and O–H groups in total. The number of rotatable bonds is 2. The van der Waals surface area contributed by atoms with Crippen molar-refractivity contribution in [1.29, 1.82) is 0 Å². The van der Waals surface area contributed by atoms with Crippen LogP contribution >= 0.6 is 11.3 Å². The van der Waals surface area contributed by atoms with Crippen LogP contribution in [0.3, 0.4) is 0 Å². The number of hydrogen-bond donors (Lipinski definition) is 1. The molecular formula is C18H11N3O2S. The smallest absolute Gasteiger partial charge is 0.258 e. The Balaban J connectivity index is 1.76. The first kappa shape index (κ1) is 14.5. The summed E-state index contributed by atoms with van der Waals surface area (Å²) in [5.74, 6) is -0.761. The summed E-state index contributed by atoms with van der Waals surface area (Å²) in [4.78, 5) is 33.4. The van der Waals surface area contributed by atoms with Crippen molar-refractivity contribution in [3.8, 4) is 10.6 Å². The van der Waals surface area contributed by atoms with Crippen LogP contribution in [0.25, 0.3) is 22.2 Å². The standard InChI is InChI=1S/C18H11N3O2S/c22-16-14-6-2-1-5-13(14)15(17(23)21-16)8-12-10-20-18(24-12)11-4-3-7-19-9-11/h1-10H,(H,21,22,23). The number of carbonyl (C=O) groups is 2. The molecule has 6 heteroatoms. The normalized spacial score (nSPS) is 15.2. The molecule has 116 valence electrons. The number of imide groups is 1. The molecule has 4 rings (SSSR count). The van der Waals surface area contributed by atoms with Crippen LogP contribution in [0, 0.1) is 0 Å². The van der Waals surface area contributed by atoms with Crippen molar-refractivity contribution >= 4 is 34.8 Å². The SMILES string of the molecule is O=C1NC(=O)c2ccccc2C1=Cc1cnc(-c2cccnc2)s1. The Morgan fingerprint density at radius 1 is 0.958 bits per heavy atom. The minimum Gasteiger partial charge on any atom is -0.288 e. The van der Waals surface area contributed by atoms with E-state index >= 15 is 0 Å². The lowest BCUT2D eigenvalue weighted by atomic mass is 9.94. The van der Waals surface area contributed by atoms with Crippen LogP contribution in [0.1, 0.15) is 20.8 Å². The number of thiazole rings is 1. The van der Waals surface area contributed by atoms with Gasteiger partial charge in [-0.1, -0.05) is 18.2 Å².